The molecular formula is C21H22N2O4. The molecule has 27 heavy (non-hydrogen) atoms. The topological polar surface area (TPSA) is 66.9 Å². The van der Waals surface area contributed by atoms with Crippen LogP contribution in [0.5, 0.6) is 0 Å². The molecule has 0 N–H and O–H groups in total. The number of nitrogens with zero attached hydrogens (tertiary/aromatic N) is 2. The van der Waals surface area contributed by atoms with Crippen LogP contribution in [0.15, 0.2) is 48.5 Å². The maximum atomic E-state index is 12.7. The third kappa shape index (κ3) is 4.00. The Morgan fingerprint density at radius 1 is 1.07 bits per heavy atom. The summed E-state index contributed by atoms with van der Waals surface area (Å²) in [4.78, 5) is 39.6. The summed E-state index contributed by atoms with van der Waals surface area (Å²) in [6, 6.07) is 14.5. The number of carbonyl (C=O) groups is 3. The van der Waals surface area contributed by atoms with Crippen LogP contribution >= 0.6 is 0 Å². The summed E-state index contributed by atoms with van der Waals surface area (Å²) < 4.78 is 4.68. The van der Waals surface area contributed by atoms with Crippen LogP contribution in [-0.2, 0) is 20.7 Å². The Morgan fingerprint density at radius 3 is 2.44 bits per heavy atom. The highest BCUT2D eigenvalue weighted by atomic mass is 16.5. The molecule has 0 aliphatic carbocycles. The van der Waals surface area contributed by atoms with Crippen LogP contribution in [0.25, 0.3) is 0 Å². The first-order valence-electron chi connectivity index (χ1n) is 8.86. The van der Waals surface area contributed by atoms with E-state index in [-0.39, 0.29) is 24.8 Å². The van der Waals surface area contributed by atoms with E-state index in [1.54, 1.807) is 34.1 Å². The lowest BCUT2D eigenvalue weighted by Gasteiger charge is -2.23. The van der Waals surface area contributed by atoms with E-state index < -0.39 is 5.97 Å². The van der Waals surface area contributed by atoms with Crippen molar-refractivity contribution >= 4 is 29.2 Å². The highest BCUT2D eigenvalue weighted by Crippen LogP contribution is 2.28. The third-order valence-electron chi connectivity index (χ3n) is 4.72. The molecule has 0 aromatic heterocycles. The first-order valence-corrected chi connectivity index (χ1v) is 8.86. The molecule has 1 heterocycles. The fourth-order valence-corrected chi connectivity index (χ4v) is 3.30. The van der Waals surface area contributed by atoms with Crippen molar-refractivity contribution in [3.63, 3.8) is 0 Å². The molecule has 140 valence electrons. The second-order valence-corrected chi connectivity index (χ2v) is 6.38. The van der Waals surface area contributed by atoms with Crippen molar-refractivity contribution in [2.24, 2.45) is 0 Å². The highest BCUT2D eigenvalue weighted by molar-refractivity contribution is 5.98. The molecule has 0 saturated carbocycles. The van der Waals surface area contributed by atoms with Gasteiger partial charge in [-0.3, -0.25) is 9.59 Å². The number of carbonyl (C=O) groups excluding carboxylic acids is 3. The van der Waals surface area contributed by atoms with E-state index in [1.165, 1.54) is 19.6 Å². The Bertz CT molecular complexity index is 861. The summed E-state index contributed by atoms with van der Waals surface area (Å²) in [6.45, 7) is 2.42. The monoisotopic (exact) mass is 366 g/mol. The largest absolute Gasteiger partial charge is 0.465 e. The molecule has 2 aromatic carbocycles. The summed E-state index contributed by atoms with van der Waals surface area (Å²) >= 11 is 0. The van der Waals surface area contributed by atoms with Gasteiger partial charge in [0.2, 0.25) is 11.8 Å². The number of anilines is 2. The van der Waals surface area contributed by atoms with E-state index in [0.717, 1.165) is 12.1 Å². The predicted octanol–water partition coefficient (Wildman–Crippen LogP) is 2.81. The van der Waals surface area contributed by atoms with Gasteiger partial charge in [-0.05, 0) is 42.3 Å². The zero-order valence-corrected chi connectivity index (χ0v) is 15.5. The number of benzene rings is 2. The first-order chi connectivity index (χ1) is 13.0. The molecule has 2 amide bonds. The highest BCUT2D eigenvalue weighted by Gasteiger charge is 2.24. The van der Waals surface area contributed by atoms with Crippen LogP contribution in [0.1, 0.15) is 29.3 Å². The van der Waals surface area contributed by atoms with Crippen molar-refractivity contribution < 1.29 is 19.1 Å². The Morgan fingerprint density at radius 2 is 1.78 bits per heavy atom. The molecule has 2 aromatic rings. The Hall–Kier alpha value is -3.15. The van der Waals surface area contributed by atoms with Gasteiger partial charge in [-0.15, -0.1) is 0 Å². The zero-order valence-electron chi connectivity index (χ0n) is 15.5. The maximum absolute atomic E-state index is 12.7. The average molecular weight is 366 g/mol. The van der Waals surface area contributed by atoms with Gasteiger partial charge in [0.1, 0.15) is 0 Å². The van der Waals surface area contributed by atoms with Crippen molar-refractivity contribution in [3.8, 4) is 0 Å². The lowest BCUT2D eigenvalue weighted by Crippen LogP contribution is -2.35. The van der Waals surface area contributed by atoms with E-state index in [1.807, 2.05) is 24.3 Å². The minimum Gasteiger partial charge on any atom is -0.465 e. The van der Waals surface area contributed by atoms with E-state index >= 15 is 0 Å². The van der Waals surface area contributed by atoms with Crippen molar-refractivity contribution in [2.45, 2.75) is 19.8 Å². The van der Waals surface area contributed by atoms with Gasteiger partial charge in [0.15, 0.2) is 0 Å². The van der Waals surface area contributed by atoms with Crippen molar-refractivity contribution in [3.05, 3.63) is 59.7 Å². The average Bonchev–Trinajstić information content (AvgIpc) is 3.12. The van der Waals surface area contributed by atoms with E-state index in [0.29, 0.717) is 17.8 Å². The van der Waals surface area contributed by atoms with Crippen LogP contribution in [0, 0.1) is 0 Å². The second-order valence-electron chi connectivity index (χ2n) is 6.38. The van der Waals surface area contributed by atoms with Crippen LogP contribution in [0.4, 0.5) is 11.4 Å². The molecule has 0 bridgehead atoms. The number of esters is 1. The predicted molar refractivity (Wildman–Crippen MR) is 103 cm³/mol. The molecule has 1 aliphatic rings. The fourth-order valence-electron chi connectivity index (χ4n) is 3.30. The quantitative estimate of drug-likeness (QED) is 0.763. The van der Waals surface area contributed by atoms with Gasteiger partial charge in [-0.25, -0.2) is 4.79 Å². The Labute approximate surface area is 158 Å². The number of methoxy groups -OCH3 is 1. The maximum Gasteiger partial charge on any atom is 0.337 e. The lowest BCUT2D eigenvalue weighted by atomic mass is 10.2. The Balaban J connectivity index is 1.68. The van der Waals surface area contributed by atoms with Gasteiger partial charge in [0, 0.05) is 37.8 Å². The van der Waals surface area contributed by atoms with Crippen LogP contribution in [0.2, 0.25) is 0 Å². The van der Waals surface area contributed by atoms with Crippen molar-refractivity contribution in [2.75, 3.05) is 30.0 Å². The molecule has 1 aliphatic heterocycles. The van der Waals surface area contributed by atoms with Crippen LogP contribution < -0.4 is 9.80 Å². The van der Waals surface area contributed by atoms with Gasteiger partial charge in [0.05, 0.1) is 12.7 Å². The summed E-state index contributed by atoms with van der Waals surface area (Å²) in [6.07, 6.45) is 1.08. The third-order valence-corrected chi connectivity index (χ3v) is 4.72. The molecule has 0 spiro atoms. The van der Waals surface area contributed by atoms with Crippen molar-refractivity contribution in [1.82, 2.24) is 0 Å². The van der Waals surface area contributed by atoms with Gasteiger partial charge in [0.25, 0.3) is 0 Å². The first kappa shape index (κ1) is 18.6. The normalized spacial score (nSPS) is 12.4. The second kappa shape index (κ2) is 8.03. The molecule has 3 rings (SSSR count). The van der Waals surface area contributed by atoms with Gasteiger partial charge < -0.3 is 14.5 Å². The number of fused-ring (bicyclic) bond motifs is 1. The van der Waals surface area contributed by atoms with E-state index in [2.05, 4.69) is 4.74 Å². The van der Waals surface area contributed by atoms with Crippen molar-refractivity contribution in [1.29, 1.82) is 0 Å². The molecule has 0 atom stereocenters. The molecule has 6 nitrogen and oxygen atoms in total. The molecule has 0 fully saturated rings. The number of rotatable bonds is 5. The number of hydrogen-bond acceptors (Lipinski definition) is 4. The van der Waals surface area contributed by atoms with Crippen LogP contribution in [-0.4, -0.2) is 38.0 Å². The molecule has 6 heteroatoms. The standard InChI is InChI=1S/C21H22N2O4/c1-15(24)22(18-9-7-17(8-10-18)21(26)27-2)14-12-20(25)23-13-11-16-5-3-4-6-19(16)23/h3-10H,11-14H2,1-2H3. The summed E-state index contributed by atoms with van der Waals surface area (Å²) in [7, 11) is 1.32. The van der Waals surface area contributed by atoms with E-state index in [9.17, 15) is 14.4 Å². The molecule has 0 radical (unpaired) electrons. The SMILES string of the molecule is COC(=O)c1ccc(N(CCC(=O)N2CCc3ccccc32)C(C)=O)cc1. The fraction of sp³-hybridized carbons (Fsp3) is 0.286. The van der Waals surface area contributed by atoms with E-state index in [4.69, 9.17) is 0 Å². The number of amides is 2. The summed E-state index contributed by atoms with van der Waals surface area (Å²) in [5, 5.41) is 0. The minimum atomic E-state index is -0.432. The minimum absolute atomic E-state index is 0.00243. The van der Waals surface area contributed by atoms with Crippen LogP contribution in [0.3, 0.4) is 0 Å². The van der Waals surface area contributed by atoms with Gasteiger partial charge in [-0.2, -0.15) is 0 Å². The molecule has 0 unspecified atom stereocenters. The summed E-state index contributed by atoms with van der Waals surface area (Å²) in [5.74, 6) is -0.591. The molecule has 0 saturated heterocycles. The van der Waals surface area contributed by atoms with Gasteiger partial charge in [-0.1, -0.05) is 18.2 Å². The summed E-state index contributed by atoms with van der Waals surface area (Å²) in [5.41, 5.74) is 3.19. The smallest absolute Gasteiger partial charge is 0.337 e. The molecular weight excluding hydrogens is 344 g/mol. The zero-order chi connectivity index (χ0) is 19.4. The number of para-hydroxylation sites is 1. The van der Waals surface area contributed by atoms with Gasteiger partial charge >= 0.3 is 5.97 Å². The lowest BCUT2D eigenvalue weighted by molar-refractivity contribution is -0.118. The number of ether oxygens (including phenoxy) is 1. The number of hydrogen-bond donors (Lipinski definition) is 0. The Kier molecular flexibility index (Phi) is 5.54.